The molecular formula is C7H18Cl2NO+. The van der Waals surface area contributed by atoms with Crippen LogP contribution in [0.15, 0.2) is 0 Å². The molecule has 0 spiro atoms. The van der Waals surface area contributed by atoms with E-state index in [2.05, 4.69) is 21.1 Å². The van der Waals surface area contributed by atoms with Crippen LogP contribution in [-0.4, -0.2) is 48.7 Å². The zero-order valence-corrected chi connectivity index (χ0v) is 9.15. The van der Waals surface area contributed by atoms with Gasteiger partial charge in [-0.25, -0.2) is 0 Å². The van der Waals surface area contributed by atoms with Crippen molar-refractivity contribution in [1.29, 1.82) is 0 Å². The number of quaternary nitrogens is 1. The molecule has 0 aliphatic rings. The van der Waals surface area contributed by atoms with Crippen LogP contribution in [0.3, 0.4) is 0 Å². The van der Waals surface area contributed by atoms with Crippen molar-refractivity contribution in [1.82, 2.24) is 0 Å². The molecule has 0 aliphatic heterocycles. The highest BCUT2D eigenvalue weighted by Crippen LogP contribution is 1.95. The third-order valence-corrected chi connectivity index (χ3v) is 0.771. The number of aliphatic hydroxyl groups excluding tert-OH is 1. The minimum atomic E-state index is -0.222. The molecule has 0 saturated carbocycles. The second-order valence-corrected chi connectivity index (χ2v) is 4.79. The number of hydrogen-bond acceptors (Lipinski definition) is 1. The van der Waals surface area contributed by atoms with Crippen molar-refractivity contribution < 1.29 is 9.59 Å². The van der Waals surface area contributed by atoms with E-state index < -0.39 is 0 Å². The third kappa shape index (κ3) is 37.5. The molecule has 0 unspecified atom stereocenters. The molecule has 0 aliphatic carbocycles. The molecule has 0 aromatic heterocycles. The summed E-state index contributed by atoms with van der Waals surface area (Å²) >= 11 is 10.1. The lowest BCUT2D eigenvalue weighted by Crippen LogP contribution is -2.36. The summed E-state index contributed by atoms with van der Waals surface area (Å²) in [7, 11) is 6.16. The van der Waals surface area contributed by atoms with Crippen molar-refractivity contribution in [3.05, 3.63) is 0 Å². The molecule has 4 heteroatoms. The number of nitrogens with zero attached hydrogens (tertiary/aromatic N) is 1. The second kappa shape index (κ2) is 7.17. The van der Waals surface area contributed by atoms with Crippen LogP contribution in [0.1, 0.15) is 6.92 Å². The van der Waals surface area contributed by atoms with Gasteiger partial charge in [0.25, 0.3) is 0 Å². The lowest BCUT2D eigenvalue weighted by molar-refractivity contribution is -0.870. The average Bonchev–Trinajstić information content (AvgIpc) is 1.58. The maximum atomic E-state index is 8.39. The molecule has 2 nitrogen and oxygen atoms in total. The van der Waals surface area contributed by atoms with E-state index in [-0.39, 0.29) is 11.4 Å². The molecule has 0 bridgehead atoms. The molecule has 0 saturated heterocycles. The highest BCUT2D eigenvalue weighted by Gasteiger charge is 2.02. The molecule has 0 amide bonds. The molecule has 0 radical (unpaired) electrons. The van der Waals surface area contributed by atoms with Crippen LogP contribution in [0.4, 0.5) is 0 Å². The van der Waals surface area contributed by atoms with Crippen LogP contribution in [0.5, 0.6) is 0 Å². The van der Waals surface area contributed by atoms with Gasteiger partial charge < -0.3 is 9.59 Å². The van der Waals surface area contributed by atoms with Crippen LogP contribution < -0.4 is 0 Å². The van der Waals surface area contributed by atoms with E-state index in [1.165, 1.54) is 0 Å². The normalized spacial score (nSPS) is 10.9. The largest absolute Gasteiger partial charge is 0.391 e. The maximum Gasteiger partial charge on any atom is 0.105 e. The second-order valence-electron chi connectivity index (χ2n) is 3.26. The Bertz CT molecular complexity index is 78.2. The molecule has 1 N–H and O–H groups in total. The number of likely N-dealkylation sites (N-methyl/N-ethyl adjacent to an activating group) is 1. The first-order valence-corrected chi connectivity index (χ1v) is 4.36. The molecule has 11 heavy (non-hydrogen) atoms. The van der Waals surface area contributed by atoms with Gasteiger partial charge in [-0.15, -0.1) is 23.2 Å². The monoisotopic (exact) mass is 202 g/mol. The SMILES string of the molecule is CC(Cl)Cl.C[N+](C)(C)CCO. The van der Waals surface area contributed by atoms with Crippen LogP contribution in [-0.2, 0) is 0 Å². The standard InChI is InChI=1S/C5H14NO.C2H4Cl2/c1-6(2,3)4-5-7;1-2(3)4/h7H,4-5H2,1-3H3;2H,1H3/q+1;. The van der Waals surface area contributed by atoms with Crippen molar-refractivity contribution in [3.8, 4) is 0 Å². The van der Waals surface area contributed by atoms with Gasteiger partial charge in [-0.1, -0.05) is 0 Å². The molecular weight excluding hydrogens is 185 g/mol. The van der Waals surface area contributed by atoms with Gasteiger partial charge in [0, 0.05) is 0 Å². The highest BCUT2D eigenvalue weighted by atomic mass is 35.5. The molecule has 0 aromatic carbocycles. The molecule has 0 rings (SSSR count). The smallest absolute Gasteiger partial charge is 0.105 e. The molecule has 0 aromatic rings. The van der Waals surface area contributed by atoms with E-state index >= 15 is 0 Å². The summed E-state index contributed by atoms with van der Waals surface area (Å²) in [5.74, 6) is 0. The van der Waals surface area contributed by atoms with Crippen molar-refractivity contribution in [2.45, 2.75) is 11.8 Å². The Hall–Kier alpha value is 0.500. The van der Waals surface area contributed by atoms with Gasteiger partial charge in [-0.3, -0.25) is 0 Å². The minimum absolute atomic E-state index is 0.222. The zero-order valence-electron chi connectivity index (χ0n) is 7.64. The summed E-state index contributed by atoms with van der Waals surface area (Å²) in [5, 5.41) is 8.39. The first-order chi connectivity index (χ1) is 4.79. The van der Waals surface area contributed by atoms with Crippen molar-refractivity contribution >= 4 is 23.2 Å². The number of rotatable bonds is 2. The van der Waals surface area contributed by atoms with E-state index in [1.807, 2.05) is 0 Å². The lowest BCUT2D eigenvalue weighted by Gasteiger charge is -2.21. The third-order valence-electron chi connectivity index (χ3n) is 0.771. The summed E-state index contributed by atoms with van der Waals surface area (Å²) < 4.78 is 0.844. The Balaban J connectivity index is 0. The van der Waals surface area contributed by atoms with Crippen LogP contribution >= 0.6 is 23.2 Å². The lowest BCUT2D eigenvalue weighted by atomic mass is 10.5. The summed E-state index contributed by atoms with van der Waals surface area (Å²) in [6, 6.07) is 0. The Kier molecular flexibility index (Phi) is 9.15. The van der Waals surface area contributed by atoms with Gasteiger partial charge in [0.05, 0.1) is 27.7 Å². The maximum absolute atomic E-state index is 8.39. The van der Waals surface area contributed by atoms with Crippen LogP contribution in [0.25, 0.3) is 0 Å². The Morgan fingerprint density at radius 2 is 1.55 bits per heavy atom. The van der Waals surface area contributed by atoms with Gasteiger partial charge >= 0.3 is 0 Å². The number of alkyl halides is 2. The van der Waals surface area contributed by atoms with Gasteiger partial charge in [-0.2, -0.15) is 0 Å². The van der Waals surface area contributed by atoms with E-state index in [1.54, 1.807) is 6.92 Å². The van der Waals surface area contributed by atoms with Crippen molar-refractivity contribution in [2.24, 2.45) is 0 Å². The van der Waals surface area contributed by atoms with Gasteiger partial charge in [-0.05, 0) is 6.92 Å². The summed E-state index contributed by atoms with van der Waals surface area (Å²) in [5.41, 5.74) is 0. The van der Waals surface area contributed by atoms with Crippen molar-refractivity contribution in [3.63, 3.8) is 0 Å². The quantitative estimate of drug-likeness (QED) is 0.532. The van der Waals surface area contributed by atoms with Gasteiger partial charge in [0.1, 0.15) is 11.4 Å². The van der Waals surface area contributed by atoms with E-state index in [0.717, 1.165) is 11.0 Å². The van der Waals surface area contributed by atoms with Crippen molar-refractivity contribution in [2.75, 3.05) is 34.3 Å². The van der Waals surface area contributed by atoms with E-state index in [0.29, 0.717) is 0 Å². The fourth-order valence-corrected chi connectivity index (χ4v) is 0.300. The summed E-state index contributed by atoms with van der Waals surface area (Å²) in [4.78, 5) is -0.222. The summed E-state index contributed by atoms with van der Waals surface area (Å²) in [6.45, 7) is 2.81. The van der Waals surface area contributed by atoms with E-state index in [4.69, 9.17) is 28.3 Å². The zero-order chi connectivity index (χ0) is 9.49. The average molecular weight is 203 g/mol. The fourth-order valence-electron chi connectivity index (χ4n) is 0.300. The number of halogens is 2. The highest BCUT2D eigenvalue weighted by molar-refractivity contribution is 6.43. The predicted molar refractivity (Wildman–Crippen MR) is 51.2 cm³/mol. The Morgan fingerprint density at radius 3 is 1.55 bits per heavy atom. The molecule has 0 fully saturated rings. The van der Waals surface area contributed by atoms with Crippen LogP contribution in [0, 0.1) is 0 Å². The first-order valence-electron chi connectivity index (χ1n) is 3.49. The Labute approximate surface area is 79.3 Å². The Morgan fingerprint density at radius 1 is 1.27 bits per heavy atom. The molecule has 70 valence electrons. The van der Waals surface area contributed by atoms with Crippen LogP contribution in [0.2, 0.25) is 0 Å². The number of aliphatic hydroxyl groups is 1. The molecule has 0 heterocycles. The van der Waals surface area contributed by atoms with E-state index in [9.17, 15) is 0 Å². The fraction of sp³-hybridized carbons (Fsp3) is 1.00. The first kappa shape index (κ1) is 14.0. The van der Waals surface area contributed by atoms with Gasteiger partial charge in [0.2, 0.25) is 0 Å². The molecule has 0 atom stereocenters. The van der Waals surface area contributed by atoms with Gasteiger partial charge in [0.15, 0.2) is 0 Å². The summed E-state index contributed by atoms with van der Waals surface area (Å²) in [6.07, 6.45) is 0. The number of hydrogen-bond donors (Lipinski definition) is 1. The minimum Gasteiger partial charge on any atom is -0.391 e. The predicted octanol–water partition coefficient (Wildman–Crippen LogP) is 1.49. The topological polar surface area (TPSA) is 20.2 Å².